The third-order valence-corrected chi connectivity index (χ3v) is 4.02. The van der Waals surface area contributed by atoms with Crippen LogP contribution >= 0.6 is 0 Å². The number of nitrogens with zero attached hydrogens (tertiary/aromatic N) is 3. The van der Waals surface area contributed by atoms with Gasteiger partial charge in [0.15, 0.2) is 5.65 Å². The second kappa shape index (κ2) is 5.60. The molecule has 114 valence electrons. The van der Waals surface area contributed by atoms with E-state index in [-0.39, 0.29) is 11.6 Å². The van der Waals surface area contributed by atoms with Gasteiger partial charge in [-0.15, -0.1) is 0 Å². The summed E-state index contributed by atoms with van der Waals surface area (Å²) in [4.78, 5) is 19.7. The molecule has 2 atom stereocenters. The fourth-order valence-electron chi connectivity index (χ4n) is 2.94. The molecular weight excluding hydrogens is 268 g/mol. The van der Waals surface area contributed by atoms with Gasteiger partial charge in [0, 0.05) is 18.9 Å². The molecule has 1 N–H and O–H groups in total. The molecule has 3 rings (SSSR count). The predicted octanol–water partition coefficient (Wildman–Crippen LogP) is 1.92. The lowest BCUT2D eigenvalue weighted by atomic mass is 9.98. The molecule has 2 aromatic rings. The number of aromatic nitrogens is 4. The molecule has 2 aromatic heterocycles. The van der Waals surface area contributed by atoms with Crippen molar-refractivity contribution in [1.82, 2.24) is 19.7 Å². The van der Waals surface area contributed by atoms with Crippen LogP contribution in [0.1, 0.15) is 39.1 Å². The van der Waals surface area contributed by atoms with Gasteiger partial charge in [-0.3, -0.25) is 4.79 Å². The van der Waals surface area contributed by atoms with E-state index in [1.165, 1.54) is 0 Å². The van der Waals surface area contributed by atoms with Crippen molar-refractivity contribution in [2.24, 2.45) is 11.8 Å². The Balaban J connectivity index is 2.07. The van der Waals surface area contributed by atoms with Crippen LogP contribution in [-0.4, -0.2) is 33.0 Å². The quantitative estimate of drug-likeness (QED) is 0.937. The summed E-state index contributed by atoms with van der Waals surface area (Å²) in [6.07, 6.45) is 3.30. The first-order valence-corrected chi connectivity index (χ1v) is 7.60. The van der Waals surface area contributed by atoms with Crippen molar-refractivity contribution in [3.63, 3.8) is 0 Å². The van der Waals surface area contributed by atoms with Crippen molar-refractivity contribution < 1.29 is 4.74 Å². The molecule has 0 saturated carbocycles. The van der Waals surface area contributed by atoms with Crippen LogP contribution in [0.5, 0.6) is 0 Å². The van der Waals surface area contributed by atoms with E-state index in [1.54, 1.807) is 6.20 Å². The summed E-state index contributed by atoms with van der Waals surface area (Å²) >= 11 is 0. The van der Waals surface area contributed by atoms with Crippen molar-refractivity contribution in [1.29, 1.82) is 0 Å². The van der Waals surface area contributed by atoms with E-state index in [2.05, 4.69) is 35.8 Å². The summed E-state index contributed by atoms with van der Waals surface area (Å²) in [5.41, 5.74) is 0.606. The van der Waals surface area contributed by atoms with Crippen molar-refractivity contribution in [2.45, 2.75) is 39.7 Å². The van der Waals surface area contributed by atoms with E-state index in [0.717, 1.165) is 31.9 Å². The van der Waals surface area contributed by atoms with Crippen LogP contribution in [0.2, 0.25) is 0 Å². The lowest BCUT2D eigenvalue weighted by molar-refractivity contribution is 0.0262. The van der Waals surface area contributed by atoms with E-state index in [4.69, 9.17) is 4.74 Å². The zero-order chi connectivity index (χ0) is 15.0. The smallest absolute Gasteiger partial charge is 0.262 e. The third-order valence-electron chi connectivity index (χ3n) is 4.02. The molecule has 0 amide bonds. The maximum Gasteiger partial charge on any atom is 0.262 e. The Morgan fingerprint density at radius 1 is 1.52 bits per heavy atom. The number of hydrogen-bond donors (Lipinski definition) is 1. The molecule has 6 heteroatoms. The average molecular weight is 290 g/mol. The predicted molar refractivity (Wildman–Crippen MR) is 80.3 cm³/mol. The van der Waals surface area contributed by atoms with Gasteiger partial charge in [-0.1, -0.05) is 20.8 Å². The number of rotatable bonds is 3. The van der Waals surface area contributed by atoms with E-state index in [9.17, 15) is 4.79 Å². The van der Waals surface area contributed by atoms with Crippen LogP contribution in [0.15, 0.2) is 11.0 Å². The molecule has 3 heterocycles. The largest absolute Gasteiger partial charge is 0.381 e. The van der Waals surface area contributed by atoms with E-state index >= 15 is 0 Å². The number of ether oxygens (including phenoxy) is 1. The molecule has 0 bridgehead atoms. The second-order valence-corrected chi connectivity index (χ2v) is 6.35. The lowest BCUT2D eigenvalue weighted by Crippen LogP contribution is -2.29. The van der Waals surface area contributed by atoms with Crippen molar-refractivity contribution >= 4 is 11.0 Å². The van der Waals surface area contributed by atoms with Crippen LogP contribution in [0.25, 0.3) is 11.0 Å². The Labute approximate surface area is 123 Å². The number of H-pyrrole nitrogens is 1. The number of fused-ring (bicyclic) bond motifs is 1. The summed E-state index contributed by atoms with van der Waals surface area (Å²) in [7, 11) is 0. The maximum absolute atomic E-state index is 12.2. The molecular formula is C15H22N4O2. The Hall–Kier alpha value is -1.69. The van der Waals surface area contributed by atoms with Gasteiger partial charge in [0.25, 0.3) is 5.56 Å². The minimum Gasteiger partial charge on any atom is -0.381 e. The molecule has 6 nitrogen and oxygen atoms in total. The Morgan fingerprint density at radius 2 is 2.33 bits per heavy atom. The van der Waals surface area contributed by atoms with Gasteiger partial charge < -0.3 is 9.72 Å². The highest BCUT2D eigenvalue weighted by Gasteiger charge is 2.26. The number of hydrogen-bond acceptors (Lipinski definition) is 4. The van der Waals surface area contributed by atoms with Crippen molar-refractivity contribution in [3.8, 4) is 0 Å². The van der Waals surface area contributed by atoms with Crippen molar-refractivity contribution in [2.75, 3.05) is 13.2 Å². The molecule has 1 saturated heterocycles. The summed E-state index contributed by atoms with van der Waals surface area (Å²) < 4.78 is 7.41. The van der Waals surface area contributed by atoms with Gasteiger partial charge in [-0.05, 0) is 12.3 Å². The van der Waals surface area contributed by atoms with Gasteiger partial charge in [-0.25, -0.2) is 9.67 Å². The first-order chi connectivity index (χ1) is 10.1. The lowest BCUT2D eigenvalue weighted by Gasteiger charge is -2.29. The van der Waals surface area contributed by atoms with Crippen LogP contribution in [0, 0.1) is 11.8 Å². The molecule has 0 spiro atoms. The fraction of sp³-hybridized carbons (Fsp3) is 0.667. The van der Waals surface area contributed by atoms with Gasteiger partial charge in [-0.2, -0.15) is 5.10 Å². The molecule has 1 aliphatic rings. The molecule has 1 aliphatic heterocycles. The maximum atomic E-state index is 12.2. The average Bonchev–Trinajstić information content (AvgIpc) is 2.83. The molecule has 1 unspecified atom stereocenters. The summed E-state index contributed by atoms with van der Waals surface area (Å²) in [6, 6.07) is 0.248. The normalized spacial score (nSPS) is 23.0. The van der Waals surface area contributed by atoms with E-state index in [0.29, 0.717) is 22.9 Å². The number of aromatic amines is 1. The third kappa shape index (κ3) is 2.72. The number of nitrogens with one attached hydrogen (secondary N) is 1. The van der Waals surface area contributed by atoms with Gasteiger partial charge in [0.2, 0.25) is 0 Å². The second-order valence-electron chi connectivity index (χ2n) is 6.35. The fourth-order valence-corrected chi connectivity index (χ4v) is 2.94. The monoisotopic (exact) mass is 290 g/mol. The van der Waals surface area contributed by atoms with Crippen LogP contribution in [0.3, 0.4) is 0 Å². The summed E-state index contributed by atoms with van der Waals surface area (Å²) in [6.45, 7) is 7.84. The topological polar surface area (TPSA) is 72.8 Å². The zero-order valence-electron chi connectivity index (χ0n) is 12.8. The summed E-state index contributed by atoms with van der Waals surface area (Å²) in [5.74, 6) is 1.56. The SMILES string of the molecule is CC(C)Cc1nc2c(cnn2C2CCOC[C@H]2C)c(=O)[nH]1. The van der Waals surface area contributed by atoms with Gasteiger partial charge in [0.05, 0.1) is 18.8 Å². The zero-order valence-corrected chi connectivity index (χ0v) is 12.8. The van der Waals surface area contributed by atoms with Crippen LogP contribution in [0.4, 0.5) is 0 Å². The highest BCUT2D eigenvalue weighted by molar-refractivity contribution is 5.73. The molecule has 1 fully saturated rings. The van der Waals surface area contributed by atoms with E-state index in [1.807, 2.05) is 4.68 Å². The minimum absolute atomic E-state index is 0.0957. The molecule has 0 radical (unpaired) electrons. The molecule has 21 heavy (non-hydrogen) atoms. The van der Waals surface area contributed by atoms with Crippen molar-refractivity contribution in [3.05, 3.63) is 22.4 Å². The van der Waals surface area contributed by atoms with E-state index < -0.39 is 0 Å². The minimum atomic E-state index is -0.0957. The van der Waals surface area contributed by atoms with Crippen LogP contribution < -0.4 is 5.56 Å². The van der Waals surface area contributed by atoms with Gasteiger partial charge >= 0.3 is 0 Å². The highest BCUT2D eigenvalue weighted by atomic mass is 16.5. The highest BCUT2D eigenvalue weighted by Crippen LogP contribution is 2.28. The summed E-state index contributed by atoms with van der Waals surface area (Å²) in [5, 5.41) is 5.00. The van der Waals surface area contributed by atoms with Gasteiger partial charge in [0.1, 0.15) is 11.2 Å². The first-order valence-electron chi connectivity index (χ1n) is 7.60. The molecule has 0 aliphatic carbocycles. The Morgan fingerprint density at radius 3 is 3.05 bits per heavy atom. The standard InChI is InChI=1S/C15H22N4O2/c1-9(2)6-13-17-14-11(15(20)18-13)7-16-19(14)12-4-5-21-8-10(12)3/h7,9-10,12H,4-6,8H2,1-3H3,(H,17,18,20)/t10-,12?/m1/s1. The Bertz CT molecular complexity index is 689. The first kappa shape index (κ1) is 14.3. The molecule has 0 aromatic carbocycles. The Kier molecular flexibility index (Phi) is 3.80. The van der Waals surface area contributed by atoms with Crippen LogP contribution in [-0.2, 0) is 11.2 Å².